The highest BCUT2D eigenvalue weighted by atomic mass is 16.1. The number of para-hydroxylation sites is 1. The maximum atomic E-state index is 12.1. The molecule has 6 heteroatoms. The summed E-state index contributed by atoms with van der Waals surface area (Å²) >= 11 is 0. The first kappa shape index (κ1) is 21.5. The van der Waals surface area contributed by atoms with E-state index < -0.39 is 0 Å². The van der Waals surface area contributed by atoms with Crippen LogP contribution in [0.1, 0.15) is 10.4 Å². The fourth-order valence-electron chi connectivity index (χ4n) is 3.09. The van der Waals surface area contributed by atoms with Crippen LogP contribution in [-0.4, -0.2) is 15.9 Å². The van der Waals surface area contributed by atoms with Gasteiger partial charge in [0.15, 0.2) is 0 Å². The van der Waals surface area contributed by atoms with Crippen molar-refractivity contribution in [2.45, 2.75) is 0 Å². The summed E-state index contributed by atoms with van der Waals surface area (Å²) in [6.45, 7) is 0. The lowest BCUT2D eigenvalue weighted by molar-refractivity contribution is 0.102. The van der Waals surface area contributed by atoms with Crippen molar-refractivity contribution >= 4 is 39.6 Å². The number of benzene rings is 3. The summed E-state index contributed by atoms with van der Waals surface area (Å²) in [6.07, 6.45) is 5.26. The molecular weight excluding hydrogens is 410 g/mol. The van der Waals surface area contributed by atoms with Crippen LogP contribution in [-0.2, 0) is 0 Å². The van der Waals surface area contributed by atoms with E-state index in [-0.39, 0.29) is 5.91 Å². The average Bonchev–Trinajstić information content (AvgIpc) is 2.87. The van der Waals surface area contributed by atoms with Crippen LogP contribution in [0.15, 0.2) is 116 Å². The Kier molecular flexibility index (Phi) is 6.88. The Morgan fingerprint density at radius 3 is 2.03 bits per heavy atom. The molecule has 0 radical (unpaired) electrons. The van der Waals surface area contributed by atoms with Crippen LogP contribution < -0.4 is 16.4 Å². The molecule has 0 unspecified atom stereocenters. The van der Waals surface area contributed by atoms with Gasteiger partial charge in [0.2, 0.25) is 0 Å². The van der Waals surface area contributed by atoms with E-state index >= 15 is 0 Å². The maximum absolute atomic E-state index is 12.1. The van der Waals surface area contributed by atoms with E-state index in [4.69, 9.17) is 5.73 Å². The Balaban J connectivity index is 0.000000214. The smallest absolute Gasteiger partial charge is 0.255 e. The second kappa shape index (κ2) is 10.5. The van der Waals surface area contributed by atoms with Gasteiger partial charge in [0.25, 0.3) is 5.91 Å². The molecule has 0 aliphatic heterocycles. The SMILES string of the molecule is Nc1ccc(C(=O)Nc2ccc(Nc3ccncc3)cc2)cc1.c1ccc2ncccc2c1. The molecule has 5 rings (SSSR count). The van der Waals surface area contributed by atoms with Gasteiger partial charge in [-0.25, -0.2) is 0 Å². The second-order valence-corrected chi connectivity index (χ2v) is 7.21. The summed E-state index contributed by atoms with van der Waals surface area (Å²) < 4.78 is 0. The third-order valence-corrected chi connectivity index (χ3v) is 4.80. The summed E-state index contributed by atoms with van der Waals surface area (Å²) in [7, 11) is 0. The molecule has 5 aromatic rings. The Hall–Kier alpha value is -4.71. The molecule has 4 N–H and O–H groups in total. The minimum atomic E-state index is -0.167. The van der Waals surface area contributed by atoms with Crippen molar-refractivity contribution in [3.63, 3.8) is 0 Å². The number of nitrogens with two attached hydrogens (primary N) is 1. The van der Waals surface area contributed by atoms with Crippen molar-refractivity contribution in [1.82, 2.24) is 9.97 Å². The molecule has 33 heavy (non-hydrogen) atoms. The molecule has 2 aromatic heterocycles. The van der Waals surface area contributed by atoms with E-state index in [9.17, 15) is 4.79 Å². The first-order valence-electron chi connectivity index (χ1n) is 10.4. The number of fused-ring (bicyclic) bond motifs is 1. The van der Waals surface area contributed by atoms with Crippen molar-refractivity contribution in [2.24, 2.45) is 0 Å². The zero-order valence-corrected chi connectivity index (χ0v) is 17.8. The first-order valence-corrected chi connectivity index (χ1v) is 10.4. The number of hydrogen-bond donors (Lipinski definition) is 3. The molecule has 162 valence electrons. The summed E-state index contributed by atoms with van der Waals surface area (Å²) in [4.78, 5) is 20.3. The van der Waals surface area contributed by atoms with Crippen LogP contribution in [0.3, 0.4) is 0 Å². The molecule has 3 aromatic carbocycles. The van der Waals surface area contributed by atoms with Crippen LogP contribution in [0.4, 0.5) is 22.7 Å². The van der Waals surface area contributed by atoms with E-state index in [0.29, 0.717) is 11.3 Å². The molecule has 0 spiro atoms. The van der Waals surface area contributed by atoms with E-state index in [1.165, 1.54) is 5.39 Å². The van der Waals surface area contributed by atoms with Gasteiger partial charge in [-0.15, -0.1) is 0 Å². The molecule has 0 aliphatic carbocycles. The number of rotatable bonds is 4. The predicted molar refractivity (Wildman–Crippen MR) is 135 cm³/mol. The molecule has 0 saturated heterocycles. The van der Waals surface area contributed by atoms with Crippen LogP contribution in [0, 0.1) is 0 Å². The van der Waals surface area contributed by atoms with Crippen molar-refractivity contribution in [3.8, 4) is 0 Å². The number of anilines is 4. The second-order valence-electron chi connectivity index (χ2n) is 7.21. The lowest BCUT2D eigenvalue weighted by Crippen LogP contribution is -2.11. The lowest BCUT2D eigenvalue weighted by atomic mass is 10.2. The van der Waals surface area contributed by atoms with Crippen molar-refractivity contribution in [2.75, 3.05) is 16.4 Å². The van der Waals surface area contributed by atoms with Gasteiger partial charge in [0.05, 0.1) is 5.52 Å². The average molecular weight is 434 g/mol. The van der Waals surface area contributed by atoms with Crippen LogP contribution in [0.2, 0.25) is 0 Å². The predicted octanol–water partition coefficient (Wildman–Crippen LogP) is 5.89. The number of pyridine rings is 2. The van der Waals surface area contributed by atoms with Gasteiger partial charge < -0.3 is 16.4 Å². The number of nitrogen functional groups attached to an aromatic ring is 1. The van der Waals surface area contributed by atoms with Crippen molar-refractivity contribution < 1.29 is 4.79 Å². The van der Waals surface area contributed by atoms with E-state index in [1.54, 1.807) is 36.7 Å². The molecule has 0 saturated carbocycles. The fourth-order valence-corrected chi connectivity index (χ4v) is 3.09. The number of aromatic nitrogens is 2. The summed E-state index contributed by atoms with van der Waals surface area (Å²) in [6, 6.07) is 30.2. The fraction of sp³-hybridized carbons (Fsp3) is 0. The highest BCUT2D eigenvalue weighted by Gasteiger charge is 2.05. The van der Waals surface area contributed by atoms with E-state index in [0.717, 1.165) is 22.6 Å². The Labute approximate surface area is 192 Å². The molecule has 2 heterocycles. The quantitative estimate of drug-likeness (QED) is 0.307. The van der Waals surface area contributed by atoms with Gasteiger partial charge in [-0.2, -0.15) is 0 Å². The maximum Gasteiger partial charge on any atom is 0.255 e. The first-order chi connectivity index (χ1) is 16.2. The Bertz CT molecular complexity index is 1260. The summed E-state index contributed by atoms with van der Waals surface area (Å²) in [5.74, 6) is -0.167. The molecule has 0 aliphatic rings. The molecule has 1 amide bonds. The number of nitrogens with zero attached hydrogens (tertiary/aromatic N) is 2. The van der Waals surface area contributed by atoms with Crippen LogP contribution >= 0.6 is 0 Å². The highest BCUT2D eigenvalue weighted by molar-refractivity contribution is 6.04. The van der Waals surface area contributed by atoms with Gasteiger partial charge >= 0.3 is 0 Å². The molecule has 0 fully saturated rings. The van der Waals surface area contributed by atoms with Gasteiger partial charge in [0, 0.05) is 52.3 Å². The van der Waals surface area contributed by atoms with Gasteiger partial charge in [-0.05, 0) is 72.8 Å². The minimum absolute atomic E-state index is 0.167. The number of nitrogens with one attached hydrogen (secondary N) is 2. The topological polar surface area (TPSA) is 92.9 Å². The third-order valence-electron chi connectivity index (χ3n) is 4.80. The van der Waals surface area contributed by atoms with E-state index in [1.807, 2.05) is 66.9 Å². The number of carbonyl (C=O) groups excluding carboxylic acids is 1. The third kappa shape index (κ3) is 6.15. The zero-order valence-electron chi connectivity index (χ0n) is 17.8. The largest absolute Gasteiger partial charge is 0.399 e. The lowest BCUT2D eigenvalue weighted by Gasteiger charge is -2.08. The Morgan fingerprint density at radius 2 is 1.30 bits per heavy atom. The van der Waals surface area contributed by atoms with E-state index in [2.05, 4.69) is 32.7 Å². The number of amides is 1. The minimum Gasteiger partial charge on any atom is -0.399 e. The molecular formula is C27H23N5O. The number of carbonyl (C=O) groups is 1. The van der Waals surface area contributed by atoms with Crippen molar-refractivity contribution in [1.29, 1.82) is 0 Å². The van der Waals surface area contributed by atoms with Crippen LogP contribution in [0.25, 0.3) is 10.9 Å². The molecule has 6 nitrogen and oxygen atoms in total. The molecule has 0 atom stereocenters. The van der Waals surface area contributed by atoms with Gasteiger partial charge in [0.1, 0.15) is 0 Å². The van der Waals surface area contributed by atoms with Crippen LogP contribution in [0.5, 0.6) is 0 Å². The number of hydrogen-bond acceptors (Lipinski definition) is 5. The summed E-state index contributed by atoms with van der Waals surface area (Å²) in [5, 5.41) is 7.31. The highest BCUT2D eigenvalue weighted by Crippen LogP contribution is 2.19. The van der Waals surface area contributed by atoms with Crippen molar-refractivity contribution in [3.05, 3.63) is 121 Å². The monoisotopic (exact) mass is 433 g/mol. The molecule has 0 bridgehead atoms. The zero-order chi connectivity index (χ0) is 22.9. The van der Waals surface area contributed by atoms with Gasteiger partial charge in [-0.1, -0.05) is 24.3 Å². The Morgan fingerprint density at radius 1 is 0.667 bits per heavy atom. The van der Waals surface area contributed by atoms with Gasteiger partial charge in [-0.3, -0.25) is 14.8 Å². The normalized spacial score (nSPS) is 10.1. The standard InChI is InChI=1S/C18H16N4O.C9H7N/c19-14-3-1-13(2-4-14)18(23)22-16-7-5-15(6-8-16)21-17-9-11-20-12-10-17;1-2-6-9-8(4-1)5-3-7-10-9/h1-12H,19H2,(H,20,21)(H,22,23);1-7H. The summed E-state index contributed by atoms with van der Waals surface area (Å²) in [5.41, 5.74) is 10.5.